The van der Waals surface area contributed by atoms with E-state index in [2.05, 4.69) is 28.0 Å². The third-order valence-corrected chi connectivity index (χ3v) is 1.80. The van der Waals surface area contributed by atoms with Gasteiger partial charge in [-0.2, -0.15) is 0 Å². The molecule has 0 atom stereocenters. The number of hydroxylamine groups is 2. The van der Waals surface area contributed by atoms with E-state index in [0.29, 0.717) is 6.67 Å². The van der Waals surface area contributed by atoms with Crippen molar-refractivity contribution in [3.8, 4) is 0 Å². The molecule has 0 aliphatic carbocycles. The molecule has 0 amide bonds. The van der Waals surface area contributed by atoms with Gasteiger partial charge in [0.25, 0.3) is 0 Å². The molecule has 4 nitrogen and oxygen atoms in total. The van der Waals surface area contributed by atoms with E-state index in [1.54, 1.807) is 10.1 Å². The molecule has 0 fully saturated rings. The second-order valence-electron chi connectivity index (χ2n) is 2.38. The highest BCUT2D eigenvalue weighted by Gasteiger charge is 2.18. The van der Waals surface area contributed by atoms with Gasteiger partial charge in [-0.05, 0) is 22.4 Å². The standard InChI is InChI=1S/C6H12BrN3O/c1-3-4-11-10-5-9(2)8-6(10)7/h3-5H2,1-2H3. The molecule has 1 heterocycles. The van der Waals surface area contributed by atoms with Crippen molar-refractivity contribution < 1.29 is 4.84 Å². The third kappa shape index (κ3) is 2.34. The van der Waals surface area contributed by atoms with Crippen molar-refractivity contribution in [1.82, 2.24) is 10.1 Å². The maximum Gasteiger partial charge on any atom is 0.217 e. The van der Waals surface area contributed by atoms with E-state index in [-0.39, 0.29) is 0 Å². The van der Waals surface area contributed by atoms with Gasteiger partial charge in [-0.1, -0.05) is 6.92 Å². The van der Waals surface area contributed by atoms with Crippen LogP contribution in [0.1, 0.15) is 13.3 Å². The van der Waals surface area contributed by atoms with Crippen LogP contribution < -0.4 is 0 Å². The SMILES string of the molecule is CCCON1CN(C)N=C1Br. The molecule has 11 heavy (non-hydrogen) atoms. The van der Waals surface area contributed by atoms with Crippen molar-refractivity contribution in [3.63, 3.8) is 0 Å². The summed E-state index contributed by atoms with van der Waals surface area (Å²) in [6, 6.07) is 0. The lowest BCUT2D eigenvalue weighted by Gasteiger charge is -2.15. The van der Waals surface area contributed by atoms with Gasteiger partial charge in [-0.25, -0.2) is 5.06 Å². The predicted octanol–water partition coefficient (Wildman–Crippen LogP) is 1.20. The summed E-state index contributed by atoms with van der Waals surface area (Å²) < 4.78 is 0.744. The van der Waals surface area contributed by atoms with E-state index in [1.165, 1.54) is 0 Å². The van der Waals surface area contributed by atoms with E-state index in [9.17, 15) is 0 Å². The number of amidine groups is 1. The second-order valence-corrected chi connectivity index (χ2v) is 3.09. The highest BCUT2D eigenvalue weighted by atomic mass is 79.9. The number of hydrazone groups is 1. The Labute approximate surface area is 74.9 Å². The predicted molar refractivity (Wildman–Crippen MR) is 47.1 cm³/mol. The van der Waals surface area contributed by atoms with Crippen LogP contribution in [-0.4, -0.2) is 35.1 Å². The lowest BCUT2D eigenvalue weighted by molar-refractivity contribution is -0.106. The smallest absolute Gasteiger partial charge is 0.217 e. The molecule has 0 aromatic rings. The zero-order chi connectivity index (χ0) is 8.27. The summed E-state index contributed by atoms with van der Waals surface area (Å²) in [6.45, 7) is 3.50. The normalized spacial score (nSPS) is 17.5. The molecule has 0 aromatic carbocycles. The van der Waals surface area contributed by atoms with Gasteiger partial charge in [0.1, 0.15) is 6.67 Å². The maximum absolute atomic E-state index is 5.35. The fourth-order valence-electron chi connectivity index (χ4n) is 0.762. The molecule has 64 valence electrons. The van der Waals surface area contributed by atoms with Crippen LogP contribution in [0, 0.1) is 0 Å². The Morgan fingerprint density at radius 2 is 2.45 bits per heavy atom. The van der Waals surface area contributed by atoms with Crippen molar-refractivity contribution in [2.24, 2.45) is 5.10 Å². The van der Waals surface area contributed by atoms with Crippen LogP contribution in [0.25, 0.3) is 0 Å². The van der Waals surface area contributed by atoms with E-state index < -0.39 is 0 Å². The van der Waals surface area contributed by atoms with E-state index in [0.717, 1.165) is 17.8 Å². The van der Waals surface area contributed by atoms with Crippen molar-refractivity contribution in [1.29, 1.82) is 0 Å². The largest absolute Gasteiger partial charge is 0.275 e. The minimum atomic E-state index is 0.695. The van der Waals surface area contributed by atoms with Crippen LogP contribution in [0.15, 0.2) is 5.10 Å². The van der Waals surface area contributed by atoms with Crippen LogP contribution in [-0.2, 0) is 4.84 Å². The van der Waals surface area contributed by atoms with Crippen molar-refractivity contribution in [2.75, 3.05) is 20.3 Å². The number of rotatable bonds is 3. The minimum Gasteiger partial charge on any atom is -0.275 e. The molecule has 0 saturated carbocycles. The first-order chi connectivity index (χ1) is 5.24. The van der Waals surface area contributed by atoms with Crippen molar-refractivity contribution >= 4 is 20.7 Å². The van der Waals surface area contributed by atoms with E-state index in [4.69, 9.17) is 4.84 Å². The summed E-state index contributed by atoms with van der Waals surface area (Å²) in [7, 11) is 1.90. The second kappa shape index (κ2) is 3.92. The fraction of sp³-hybridized carbons (Fsp3) is 0.833. The van der Waals surface area contributed by atoms with Gasteiger partial charge < -0.3 is 0 Å². The van der Waals surface area contributed by atoms with Crippen LogP contribution >= 0.6 is 15.9 Å². The summed E-state index contributed by atoms with van der Waals surface area (Å²) in [5.74, 6) is 0. The third-order valence-electron chi connectivity index (χ3n) is 1.24. The van der Waals surface area contributed by atoms with Crippen molar-refractivity contribution in [3.05, 3.63) is 0 Å². The molecule has 0 N–H and O–H groups in total. The molecular formula is C6H12BrN3O. The van der Waals surface area contributed by atoms with Gasteiger partial charge in [-0.15, -0.1) is 5.10 Å². The maximum atomic E-state index is 5.35. The molecular weight excluding hydrogens is 210 g/mol. The highest BCUT2D eigenvalue weighted by Crippen LogP contribution is 2.10. The van der Waals surface area contributed by atoms with Gasteiger partial charge in [0.05, 0.1) is 6.61 Å². The molecule has 0 radical (unpaired) electrons. The summed E-state index contributed by atoms with van der Waals surface area (Å²) in [5, 5.41) is 7.62. The van der Waals surface area contributed by atoms with E-state index >= 15 is 0 Å². The van der Waals surface area contributed by atoms with Gasteiger partial charge in [0, 0.05) is 7.05 Å². The van der Waals surface area contributed by atoms with Gasteiger partial charge >= 0.3 is 0 Å². The number of nitrogens with zero attached hydrogens (tertiary/aromatic N) is 3. The molecule has 1 rings (SSSR count). The Balaban J connectivity index is 2.32. The summed E-state index contributed by atoms with van der Waals surface area (Å²) >= 11 is 3.28. The average Bonchev–Trinajstić information content (AvgIpc) is 2.26. The van der Waals surface area contributed by atoms with Crippen LogP contribution in [0.3, 0.4) is 0 Å². The lowest BCUT2D eigenvalue weighted by Crippen LogP contribution is -2.27. The first-order valence-corrected chi connectivity index (χ1v) is 4.39. The first kappa shape index (κ1) is 8.80. The van der Waals surface area contributed by atoms with Crippen molar-refractivity contribution in [2.45, 2.75) is 13.3 Å². The Morgan fingerprint density at radius 1 is 1.73 bits per heavy atom. The average molecular weight is 222 g/mol. The van der Waals surface area contributed by atoms with Gasteiger partial charge in [0.2, 0.25) is 4.74 Å². The highest BCUT2D eigenvalue weighted by molar-refractivity contribution is 9.18. The molecule has 0 saturated heterocycles. The van der Waals surface area contributed by atoms with Crippen LogP contribution in [0.2, 0.25) is 0 Å². The molecule has 0 aromatic heterocycles. The Bertz CT molecular complexity index is 162. The van der Waals surface area contributed by atoms with Crippen LogP contribution in [0.4, 0.5) is 0 Å². The number of halogens is 1. The monoisotopic (exact) mass is 221 g/mol. The van der Waals surface area contributed by atoms with E-state index in [1.807, 2.05) is 7.05 Å². The zero-order valence-electron chi connectivity index (χ0n) is 6.75. The number of hydrogen-bond acceptors (Lipinski definition) is 4. The molecule has 0 unspecified atom stereocenters. The zero-order valence-corrected chi connectivity index (χ0v) is 8.34. The Hall–Kier alpha value is -0.290. The molecule has 0 bridgehead atoms. The van der Waals surface area contributed by atoms with Gasteiger partial charge in [-0.3, -0.25) is 9.85 Å². The minimum absolute atomic E-state index is 0.695. The topological polar surface area (TPSA) is 28.1 Å². The molecule has 1 aliphatic heterocycles. The summed E-state index contributed by atoms with van der Waals surface area (Å²) in [4.78, 5) is 5.35. The molecule has 0 spiro atoms. The number of hydrogen-bond donors (Lipinski definition) is 0. The van der Waals surface area contributed by atoms with Crippen LogP contribution in [0.5, 0.6) is 0 Å². The Morgan fingerprint density at radius 3 is 2.91 bits per heavy atom. The fourth-order valence-corrected chi connectivity index (χ4v) is 1.25. The quantitative estimate of drug-likeness (QED) is 0.671. The lowest BCUT2D eigenvalue weighted by atomic mass is 10.5. The van der Waals surface area contributed by atoms with Gasteiger partial charge in [0.15, 0.2) is 0 Å². The summed E-state index contributed by atoms with van der Waals surface area (Å²) in [6.07, 6.45) is 1.01. The molecule has 1 aliphatic rings. The summed E-state index contributed by atoms with van der Waals surface area (Å²) in [5.41, 5.74) is 0. The first-order valence-electron chi connectivity index (χ1n) is 3.59. The molecule has 5 heteroatoms. The Kier molecular flexibility index (Phi) is 3.14.